The molecule has 0 aromatic carbocycles. The summed E-state index contributed by atoms with van der Waals surface area (Å²) >= 11 is 0. The van der Waals surface area contributed by atoms with Gasteiger partial charge in [0.2, 0.25) is 10.0 Å². The fourth-order valence-electron chi connectivity index (χ4n) is 1.29. The highest BCUT2D eigenvalue weighted by Gasteiger charge is 2.20. The Morgan fingerprint density at radius 1 is 1.59 bits per heavy atom. The lowest BCUT2D eigenvalue weighted by Gasteiger charge is -2.04. The Morgan fingerprint density at radius 2 is 2.29 bits per heavy atom. The number of nitrogens with two attached hydrogens (primary N) is 1. The molecule has 0 aliphatic carbocycles. The minimum atomic E-state index is -3.57. The second-order valence-corrected chi connectivity index (χ2v) is 5.21. The van der Waals surface area contributed by atoms with Crippen LogP contribution in [-0.2, 0) is 21.3 Å². The quantitative estimate of drug-likeness (QED) is 0.663. The lowest BCUT2D eigenvalue weighted by Crippen LogP contribution is -2.25. The first kappa shape index (κ1) is 13.9. The first-order valence-corrected chi connectivity index (χ1v) is 6.81. The van der Waals surface area contributed by atoms with Crippen LogP contribution in [0.4, 0.5) is 5.82 Å². The molecular formula is C9H18N4O3S. The normalized spacial score (nSPS) is 11.9. The van der Waals surface area contributed by atoms with Crippen molar-refractivity contribution in [3.05, 3.63) is 6.20 Å². The second kappa shape index (κ2) is 5.99. The molecule has 17 heavy (non-hydrogen) atoms. The van der Waals surface area contributed by atoms with Crippen LogP contribution < -0.4 is 10.5 Å². The van der Waals surface area contributed by atoms with E-state index in [-0.39, 0.29) is 10.7 Å². The highest BCUT2D eigenvalue weighted by atomic mass is 32.2. The predicted octanol–water partition coefficient (Wildman–Crippen LogP) is -0.200. The van der Waals surface area contributed by atoms with E-state index in [4.69, 9.17) is 10.5 Å². The number of rotatable bonds is 7. The van der Waals surface area contributed by atoms with E-state index in [0.29, 0.717) is 26.1 Å². The molecular weight excluding hydrogens is 244 g/mol. The van der Waals surface area contributed by atoms with Crippen LogP contribution in [0, 0.1) is 0 Å². The van der Waals surface area contributed by atoms with Gasteiger partial charge in [0.1, 0.15) is 4.90 Å². The monoisotopic (exact) mass is 262 g/mol. The lowest BCUT2D eigenvalue weighted by molar-refractivity contribution is 0.196. The molecule has 1 aromatic rings. The summed E-state index contributed by atoms with van der Waals surface area (Å²) in [5, 5.41) is 3.89. The maximum Gasteiger partial charge on any atom is 0.245 e. The molecule has 1 heterocycles. The summed E-state index contributed by atoms with van der Waals surface area (Å²) in [6.45, 7) is 3.25. The Bertz CT molecular complexity index is 455. The molecule has 0 bridgehead atoms. The van der Waals surface area contributed by atoms with Gasteiger partial charge in [-0.3, -0.25) is 4.68 Å². The van der Waals surface area contributed by atoms with Gasteiger partial charge < -0.3 is 10.5 Å². The molecule has 0 aliphatic rings. The maximum absolute atomic E-state index is 11.9. The van der Waals surface area contributed by atoms with E-state index in [0.717, 1.165) is 0 Å². The molecule has 0 radical (unpaired) electrons. The highest BCUT2D eigenvalue weighted by Crippen LogP contribution is 2.15. The molecule has 0 saturated carbocycles. The zero-order valence-corrected chi connectivity index (χ0v) is 10.8. The minimum Gasteiger partial charge on any atom is -0.385 e. The molecule has 0 spiro atoms. The fourth-order valence-corrected chi connectivity index (χ4v) is 2.43. The minimum absolute atomic E-state index is 0.0195. The van der Waals surface area contributed by atoms with Crippen LogP contribution in [0.5, 0.6) is 0 Å². The number of aryl methyl sites for hydroxylation is 1. The molecule has 0 amide bonds. The van der Waals surface area contributed by atoms with Crippen molar-refractivity contribution in [3.63, 3.8) is 0 Å². The van der Waals surface area contributed by atoms with Crippen molar-refractivity contribution in [3.8, 4) is 0 Å². The zero-order chi connectivity index (χ0) is 12.9. The number of methoxy groups -OCH3 is 1. The second-order valence-electron chi connectivity index (χ2n) is 3.48. The van der Waals surface area contributed by atoms with Gasteiger partial charge in [0.25, 0.3) is 0 Å². The van der Waals surface area contributed by atoms with E-state index in [1.807, 2.05) is 6.92 Å². The Balaban J connectivity index is 2.72. The maximum atomic E-state index is 11.9. The number of nitrogens with zero attached hydrogens (tertiary/aromatic N) is 2. The van der Waals surface area contributed by atoms with E-state index >= 15 is 0 Å². The third kappa shape index (κ3) is 3.69. The van der Waals surface area contributed by atoms with Crippen molar-refractivity contribution in [2.45, 2.75) is 24.8 Å². The van der Waals surface area contributed by atoms with Crippen LogP contribution in [0.2, 0.25) is 0 Å². The Kier molecular flexibility index (Phi) is 4.91. The molecule has 0 atom stereocenters. The van der Waals surface area contributed by atoms with Gasteiger partial charge in [-0.05, 0) is 13.3 Å². The molecule has 0 fully saturated rings. The molecule has 0 saturated heterocycles. The number of sulfonamides is 1. The van der Waals surface area contributed by atoms with Crippen molar-refractivity contribution in [1.82, 2.24) is 14.5 Å². The average Bonchev–Trinajstić information content (AvgIpc) is 2.67. The Hall–Kier alpha value is -1.12. The van der Waals surface area contributed by atoms with Crippen molar-refractivity contribution in [2.75, 3.05) is 26.0 Å². The summed E-state index contributed by atoms with van der Waals surface area (Å²) in [5.74, 6) is 0.0195. The van der Waals surface area contributed by atoms with Gasteiger partial charge in [-0.15, -0.1) is 0 Å². The van der Waals surface area contributed by atoms with Crippen molar-refractivity contribution >= 4 is 15.8 Å². The van der Waals surface area contributed by atoms with Gasteiger partial charge >= 0.3 is 0 Å². The molecule has 3 N–H and O–H groups in total. The van der Waals surface area contributed by atoms with Gasteiger partial charge in [-0.1, -0.05) is 0 Å². The molecule has 8 heteroatoms. The van der Waals surface area contributed by atoms with Crippen LogP contribution in [0.25, 0.3) is 0 Å². The number of aromatic nitrogens is 2. The van der Waals surface area contributed by atoms with Crippen LogP contribution in [0.15, 0.2) is 11.1 Å². The van der Waals surface area contributed by atoms with E-state index in [2.05, 4.69) is 9.82 Å². The molecule has 98 valence electrons. The fraction of sp³-hybridized carbons (Fsp3) is 0.667. The third-order valence-corrected chi connectivity index (χ3v) is 3.66. The SMILES string of the molecule is CCn1cc(S(=O)(=O)NCCCOC)c(N)n1. The van der Waals surface area contributed by atoms with Crippen molar-refractivity contribution in [2.24, 2.45) is 0 Å². The van der Waals surface area contributed by atoms with Gasteiger partial charge in [-0.25, -0.2) is 13.1 Å². The summed E-state index contributed by atoms with van der Waals surface area (Å²) in [7, 11) is -2.01. The standard InChI is InChI=1S/C9H18N4O3S/c1-3-13-7-8(9(10)12-13)17(14,15)11-5-4-6-16-2/h7,11H,3-6H2,1-2H3,(H2,10,12). The summed E-state index contributed by atoms with van der Waals surface area (Å²) < 4.78 is 32.5. The Morgan fingerprint density at radius 3 is 2.82 bits per heavy atom. The van der Waals surface area contributed by atoms with Gasteiger partial charge in [0.05, 0.1) is 0 Å². The number of hydrogen-bond donors (Lipinski definition) is 2. The summed E-state index contributed by atoms with van der Waals surface area (Å²) in [4.78, 5) is 0.0248. The first-order chi connectivity index (χ1) is 8.01. The average molecular weight is 262 g/mol. The van der Waals surface area contributed by atoms with E-state index < -0.39 is 10.0 Å². The van der Waals surface area contributed by atoms with Gasteiger partial charge in [0, 0.05) is 33.0 Å². The molecule has 7 nitrogen and oxygen atoms in total. The molecule has 0 unspecified atom stereocenters. The number of ether oxygens (including phenoxy) is 1. The van der Waals surface area contributed by atoms with E-state index in [9.17, 15) is 8.42 Å². The van der Waals surface area contributed by atoms with Crippen LogP contribution in [-0.4, -0.2) is 38.5 Å². The predicted molar refractivity (Wildman–Crippen MR) is 64.0 cm³/mol. The van der Waals surface area contributed by atoms with Gasteiger partial charge in [-0.2, -0.15) is 5.10 Å². The Labute approximate surface area is 101 Å². The van der Waals surface area contributed by atoms with Crippen LogP contribution in [0.1, 0.15) is 13.3 Å². The smallest absolute Gasteiger partial charge is 0.245 e. The number of anilines is 1. The molecule has 0 aliphatic heterocycles. The molecule has 1 aromatic heterocycles. The largest absolute Gasteiger partial charge is 0.385 e. The lowest BCUT2D eigenvalue weighted by atomic mass is 10.5. The first-order valence-electron chi connectivity index (χ1n) is 5.32. The molecule has 1 rings (SSSR count). The van der Waals surface area contributed by atoms with Crippen LogP contribution in [0.3, 0.4) is 0 Å². The summed E-state index contributed by atoms with van der Waals surface area (Å²) in [5.41, 5.74) is 5.56. The summed E-state index contributed by atoms with van der Waals surface area (Å²) in [6, 6.07) is 0. The number of nitrogen functional groups attached to an aromatic ring is 1. The van der Waals surface area contributed by atoms with Crippen molar-refractivity contribution < 1.29 is 13.2 Å². The number of hydrogen-bond acceptors (Lipinski definition) is 5. The van der Waals surface area contributed by atoms with Crippen molar-refractivity contribution in [1.29, 1.82) is 0 Å². The van der Waals surface area contributed by atoms with Crippen LogP contribution >= 0.6 is 0 Å². The number of nitrogens with one attached hydrogen (secondary N) is 1. The van der Waals surface area contributed by atoms with Gasteiger partial charge in [0.15, 0.2) is 5.82 Å². The van der Waals surface area contributed by atoms with E-state index in [1.165, 1.54) is 10.9 Å². The summed E-state index contributed by atoms with van der Waals surface area (Å²) in [6.07, 6.45) is 2.03. The van der Waals surface area contributed by atoms with E-state index in [1.54, 1.807) is 7.11 Å². The zero-order valence-electron chi connectivity index (χ0n) is 10.0. The highest BCUT2D eigenvalue weighted by molar-refractivity contribution is 7.89. The third-order valence-electron chi connectivity index (χ3n) is 2.19. The topological polar surface area (TPSA) is 99.2 Å².